The summed E-state index contributed by atoms with van der Waals surface area (Å²) in [7, 11) is 1.26. The van der Waals surface area contributed by atoms with Crippen LogP contribution in [-0.2, 0) is 4.74 Å². The van der Waals surface area contributed by atoms with E-state index < -0.39 is 17.5 Å². The summed E-state index contributed by atoms with van der Waals surface area (Å²) in [6.45, 7) is 2.51. The summed E-state index contributed by atoms with van der Waals surface area (Å²) in [6, 6.07) is 7.10. The number of hydrogen-bond donors (Lipinski definition) is 0. The van der Waals surface area contributed by atoms with Crippen LogP contribution in [0.15, 0.2) is 42.5 Å². The highest BCUT2D eigenvalue weighted by atomic mass is 19.2. The molecule has 1 fully saturated rings. The van der Waals surface area contributed by atoms with Crippen molar-refractivity contribution in [3.8, 4) is 16.9 Å². The highest BCUT2D eigenvalue weighted by Crippen LogP contribution is 2.35. The molecule has 26 heavy (non-hydrogen) atoms. The summed E-state index contributed by atoms with van der Waals surface area (Å²) in [5.41, 5.74) is 0.710. The van der Waals surface area contributed by atoms with Gasteiger partial charge in [-0.25, -0.2) is 8.78 Å². The summed E-state index contributed by atoms with van der Waals surface area (Å²) in [6.07, 6.45) is 5.41. The second kappa shape index (κ2) is 7.96. The van der Waals surface area contributed by atoms with E-state index in [9.17, 15) is 13.2 Å². The molecular weight excluding hydrogens is 341 g/mol. The second-order valence-electron chi connectivity index (χ2n) is 6.36. The van der Waals surface area contributed by atoms with Crippen LogP contribution in [0.1, 0.15) is 31.4 Å². The van der Waals surface area contributed by atoms with Gasteiger partial charge in [0.1, 0.15) is 5.82 Å². The number of methoxy groups -OCH3 is 1. The molecule has 0 saturated carbocycles. The van der Waals surface area contributed by atoms with Crippen molar-refractivity contribution in [2.75, 3.05) is 13.7 Å². The maximum Gasteiger partial charge on any atom is 0.201 e. The average molecular weight is 362 g/mol. The lowest BCUT2D eigenvalue weighted by molar-refractivity contribution is -0.00711. The first kappa shape index (κ1) is 18.5. The number of rotatable bonds is 4. The summed E-state index contributed by atoms with van der Waals surface area (Å²) >= 11 is 0. The molecule has 138 valence electrons. The minimum absolute atomic E-state index is 0.00791. The van der Waals surface area contributed by atoms with Crippen molar-refractivity contribution in [2.45, 2.75) is 25.9 Å². The highest BCUT2D eigenvalue weighted by Gasteiger charge is 2.24. The van der Waals surface area contributed by atoms with Crippen molar-refractivity contribution in [2.24, 2.45) is 5.92 Å². The Labute approximate surface area is 151 Å². The Morgan fingerprint density at radius 1 is 1.08 bits per heavy atom. The van der Waals surface area contributed by atoms with Crippen LogP contribution in [0, 0.1) is 23.4 Å². The minimum atomic E-state index is -1.08. The third-order valence-electron chi connectivity index (χ3n) is 4.70. The predicted molar refractivity (Wildman–Crippen MR) is 94.5 cm³/mol. The van der Waals surface area contributed by atoms with E-state index in [1.54, 1.807) is 12.1 Å². The van der Waals surface area contributed by atoms with E-state index in [-0.39, 0.29) is 23.0 Å². The molecule has 1 aliphatic rings. The Kier molecular flexibility index (Phi) is 5.67. The van der Waals surface area contributed by atoms with Crippen molar-refractivity contribution in [1.29, 1.82) is 0 Å². The summed E-state index contributed by atoms with van der Waals surface area (Å²) < 4.78 is 53.3. The SMILES string of the molecule is C/C=C/C1CCC(c2ccc(-c3ccc(OC)c(F)c3F)cc2F)OC1. The zero-order valence-corrected chi connectivity index (χ0v) is 14.8. The fourth-order valence-corrected chi connectivity index (χ4v) is 3.31. The van der Waals surface area contributed by atoms with Gasteiger partial charge >= 0.3 is 0 Å². The Morgan fingerprint density at radius 3 is 2.50 bits per heavy atom. The van der Waals surface area contributed by atoms with Crippen LogP contribution in [0.5, 0.6) is 5.75 Å². The van der Waals surface area contributed by atoms with Crippen LogP contribution in [0.25, 0.3) is 11.1 Å². The van der Waals surface area contributed by atoms with Gasteiger partial charge < -0.3 is 9.47 Å². The standard InChI is InChI=1S/C21H21F3O2/c1-3-4-13-5-9-18(26-12-13)16-7-6-14(11-17(16)22)15-8-10-19(25-2)21(24)20(15)23/h3-4,6-8,10-11,13,18H,5,9,12H2,1-2H3/b4-3+. The van der Waals surface area contributed by atoms with Crippen molar-refractivity contribution in [3.63, 3.8) is 0 Å². The molecule has 0 bridgehead atoms. The summed E-state index contributed by atoms with van der Waals surface area (Å²) in [5, 5.41) is 0. The Morgan fingerprint density at radius 2 is 1.88 bits per heavy atom. The Hall–Kier alpha value is -2.27. The molecule has 1 heterocycles. The molecule has 2 atom stereocenters. The third kappa shape index (κ3) is 3.63. The monoisotopic (exact) mass is 362 g/mol. The second-order valence-corrected chi connectivity index (χ2v) is 6.36. The first-order valence-corrected chi connectivity index (χ1v) is 8.61. The Bertz CT molecular complexity index is 809. The summed E-state index contributed by atoms with van der Waals surface area (Å²) in [4.78, 5) is 0. The van der Waals surface area contributed by atoms with Crippen LogP contribution in [0.2, 0.25) is 0 Å². The molecular formula is C21H21F3O2. The van der Waals surface area contributed by atoms with Crippen LogP contribution in [0.3, 0.4) is 0 Å². The molecule has 2 nitrogen and oxygen atoms in total. The molecule has 0 radical (unpaired) electrons. The lowest BCUT2D eigenvalue weighted by Gasteiger charge is -2.28. The van der Waals surface area contributed by atoms with E-state index >= 15 is 0 Å². The molecule has 0 aromatic heterocycles. The molecule has 2 aromatic carbocycles. The van der Waals surface area contributed by atoms with Crippen LogP contribution in [0.4, 0.5) is 13.2 Å². The number of allylic oxidation sites excluding steroid dienone is 1. The van der Waals surface area contributed by atoms with E-state index in [0.29, 0.717) is 18.1 Å². The molecule has 0 N–H and O–H groups in total. The van der Waals surface area contributed by atoms with Gasteiger partial charge in [0.25, 0.3) is 0 Å². The molecule has 1 saturated heterocycles. The van der Waals surface area contributed by atoms with E-state index in [2.05, 4.69) is 6.08 Å². The first-order chi connectivity index (χ1) is 12.5. The van der Waals surface area contributed by atoms with Crippen molar-refractivity contribution in [3.05, 3.63) is 65.5 Å². The van der Waals surface area contributed by atoms with E-state index in [0.717, 1.165) is 12.8 Å². The lowest BCUT2D eigenvalue weighted by atomic mass is 9.93. The van der Waals surface area contributed by atoms with Gasteiger partial charge in [0, 0.05) is 17.0 Å². The largest absolute Gasteiger partial charge is 0.494 e. The molecule has 1 aliphatic heterocycles. The van der Waals surface area contributed by atoms with Gasteiger partial charge in [-0.05, 0) is 43.5 Å². The molecule has 0 aliphatic carbocycles. The van der Waals surface area contributed by atoms with Gasteiger partial charge in [-0.2, -0.15) is 4.39 Å². The van der Waals surface area contributed by atoms with Gasteiger partial charge in [0.15, 0.2) is 11.6 Å². The Balaban J connectivity index is 1.84. The van der Waals surface area contributed by atoms with Crippen LogP contribution >= 0.6 is 0 Å². The maximum atomic E-state index is 14.6. The van der Waals surface area contributed by atoms with Crippen molar-refractivity contribution < 1.29 is 22.6 Å². The molecule has 0 spiro atoms. The van der Waals surface area contributed by atoms with E-state index in [4.69, 9.17) is 9.47 Å². The zero-order chi connectivity index (χ0) is 18.7. The third-order valence-corrected chi connectivity index (χ3v) is 4.70. The van der Waals surface area contributed by atoms with Crippen molar-refractivity contribution in [1.82, 2.24) is 0 Å². The van der Waals surface area contributed by atoms with Crippen LogP contribution < -0.4 is 4.74 Å². The fourth-order valence-electron chi connectivity index (χ4n) is 3.31. The number of benzene rings is 2. The van der Waals surface area contributed by atoms with Gasteiger partial charge in [-0.3, -0.25) is 0 Å². The zero-order valence-electron chi connectivity index (χ0n) is 14.8. The van der Waals surface area contributed by atoms with Gasteiger partial charge in [0.05, 0.1) is 19.8 Å². The van der Waals surface area contributed by atoms with Gasteiger partial charge in [0.2, 0.25) is 5.82 Å². The topological polar surface area (TPSA) is 18.5 Å². The quantitative estimate of drug-likeness (QED) is 0.638. The number of halogens is 3. The molecule has 2 unspecified atom stereocenters. The minimum Gasteiger partial charge on any atom is -0.494 e. The van der Waals surface area contributed by atoms with Gasteiger partial charge in [-0.1, -0.05) is 24.3 Å². The first-order valence-electron chi connectivity index (χ1n) is 8.61. The van der Waals surface area contributed by atoms with E-state index in [1.165, 1.54) is 25.3 Å². The summed E-state index contributed by atoms with van der Waals surface area (Å²) in [5.74, 6) is -2.45. The molecule has 3 rings (SSSR count). The average Bonchev–Trinajstić information content (AvgIpc) is 2.65. The predicted octanol–water partition coefficient (Wildman–Crippen LogP) is 5.82. The van der Waals surface area contributed by atoms with Crippen molar-refractivity contribution >= 4 is 0 Å². The molecule has 5 heteroatoms. The lowest BCUT2D eigenvalue weighted by Crippen LogP contribution is -2.20. The smallest absolute Gasteiger partial charge is 0.201 e. The normalized spacial score (nSPS) is 20.5. The molecule has 0 amide bonds. The van der Waals surface area contributed by atoms with Crippen LogP contribution in [-0.4, -0.2) is 13.7 Å². The highest BCUT2D eigenvalue weighted by molar-refractivity contribution is 5.66. The number of ether oxygens (including phenoxy) is 2. The van der Waals surface area contributed by atoms with E-state index in [1.807, 2.05) is 13.0 Å². The maximum absolute atomic E-state index is 14.6. The molecule has 2 aromatic rings. The fraction of sp³-hybridized carbons (Fsp3) is 0.333. The number of hydrogen-bond acceptors (Lipinski definition) is 2. The van der Waals surface area contributed by atoms with Gasteiger partial charge in [-0.15, -0.1) is 0 Å².